The summed E-state index contributed by atoms with van der Waals surface area (Å²) < 4.78 is 31.4. The van der Waals surface area contributed by atoms with Crippen molar-refractivity contribution in [2.75, 3.05) is 19.8 Å². The van der Waals surface area contributed by atoms with Crippen LogP contribution in [0.1, 0.15) is 86.1 Å². The van der Waals surface area contributed by atoms with Crippen molar-refractivity contribution in [1.29, 1.82) is 0 Å². The van der Waals surface area contributed by atoms with Gasteiger partial charge in [-0.2, -0.15) is 0 Å². The van der Waals surface area contributed by atoms with Gasteiger partial charge in [0, 0.05) is 5.92 Å². The Bertz CT molecular complexity index is 1040. The molecule has 238 valence electrons. The van der Waals surface area contributed by atoms with Crippen molar-refractivity contribution in [3.63, 3.8) is 0 Å². The molecule has 0 spiro atoms. The van der Waals surface area contributed by atoms with Gasteiger partial charge in [0.25, 0.3) is 0 Å². The lowest BCUT2D eigenvalue weighted by atomic mass is 9.87. The fraction of sp³-hybridized carbons (Fsp3) is 0.667. The molecule has 1 rings (SSSR count). The summed E-state index contributed by atoms with van der Waals surface area (Å²) in [5.74, 6) is -2.36. The predicted octanol–water partition coefficient (Wildman–Crippen LogP) is 6.28. The van der Waals surface area contributed by atoms with E-state index in [2.05, 4.69) is 0 Å². The first-order chi connectivity index (χ1) is 19.6. The Morgan fingerprint density at radius 3 is 1.83 bits per heavy atom. The van der Waals surface area contributed by atoms with Gasteiger partial charge in [0.15, 0.2) is 11.5 Å². The number of hydrogen-bond acceptors (Lipinski definition) is 11. The Balaban J connectivity index is 3.26. The maximum Gasteiger partial charge on any atom is 0.513 e. The molecule has 42 heavy (non-hydrogen) atoms. The molecule has 0 heterocycles. The van der Waals surface area contributed by atoms with Crippen molar-refractivity contribution in [3.8, 4) is 11.5 Å². The van der Waals surface area contributed by atoms with Crippen molar-refractivity contribution in [3.05, 3.63) is 23.8 Å². The first kappa shape index (κ1) is 36.5. The van der Waals surface area contributed by atoms with Crippen LogP contribution in [0, 0.1) is 17.3 Å². The van der Waals surface area contributed by atoms with Crippen LogP contribution in [0.2, 0.25) is 0 Å². The van der Waals surface area contributed by atoms with Gasteiger partial charge in [-0.3, -0.25) is 4.79 Å². The molecule has 0 aliphatic carbocycles. The van der Waals surface area contributed by atoms with Crippen LogP contribution in [-0.2, 0) is 23.7 Å². The van der Waals surface area contributed by atoms with Gasteiger partial charge < -0.3 is 39.3 Å². The summed E-state index contributed by atoms with van der Waals surface area (Å²) in [6, 6.07) is 2.73. The first-order valence-electron chi connectivity index (χ1n) is 14.2. The third-order valence-electron chi connectivity index (χ3n) is 6.37. The zero-order chi connectivity index (χ0) is 32.0. The lowest BCUT2D eigenvalue weighted by Gasteiger charge is -2.25. The van der Waals surface area contributed by atoms with Crippen LogP contribution in [0.15, 0.2) is 18.2 Å². The second-order valence-corrected chi connectivity index (χ2v) is 11.8. The number of carboxylic acids is 1. The van der Waals surface area contributed by atoms with Crippen LogP contribution in [-0.4, -0.2) is 61.5 Å². The molecule has 0 fully saturated rings. The summed E-state index contributed by atoms with van der Waals surface area (Å²) in [5.41, 5.74) is 6.08. The summed E-state index contributed by atoms with van der Waals surface area (Å²) in [7, 11) is 0. The van der Waals surface area contributed by atoms with Crippen LogP contribution in [0.5, 0.6) is 11.5 Å². The molecule has 0 saturated carbocycles. The molecule has 0 aliphatic heterocycles. The number of rotatable bonds is 15. The van der Waals surface area contributed by atoms with Gasteiger partial charge in [-0.05, 0) is 48.3 Å². The van der Waals surface area contributed by atoms with Crippen LogP contribution in [0.3, 0.4) is 0 Å². The van der Waals surface area contributed by atoms with E-state index in [0.29, 0.717) is 5.56 Å². The molecular weight excluding hydrogens is 550 g/mol. The number of nitrogens with two attached hydrogens (primary N) is 1. The highest BCUT2D eigenvalue weighted by atomic mass is 16.7. The molecule has 1 aromatic carbocycles. The Hall–Kier alpha value is -3.54. The van der Waals surface area contributed by atoms with Gasteiger partial charge in [-0.1, -0.05) is 67.4 Å². The van der Waals surface area contributed by atoms with Crippen molar-refractivity contribution in [2.24, 2.45) is 23.0 Å². The highest BCUT2D eigenvalue weighted by molar-refractivity contribution is 5.75. The van der Waals surface area contributed by atoms with Crippen LogP contribution in [0.25, 0.3) is 0 Å². The van der Waals surface area contributed by atoms with Gasteiger partial charge in [-0.25, -0.2) is 14.4 Å². The molecule has 0 bridgehead atoms. The molecule has 0 amide bonds. The van der Waals surface area contributed by atoms with Crippen LogP contribution >= 0.6 is 0 Å². The summed E-state index contributed by atoms with van der Waals surface area (Å²) in [4.78, 5) is 48.9. The highest BCUT2D eigenvalue weighted by Gasteiger charge is 2.31. The molecule has 0 aliphatic rings. The number of aliphatic carboxylic acids is 1. The van der Waals surface area contributed by atoms with Gasteiger partial charge in [0.1, 0.15) is 12.1 Å². The molecule has 1 aromatic rings. The maximum absolute atomic E-state index is 12.5. The van der Waals surface area contributed by atoms with Gasteiger partial charge in [0.05, 0.1) is 19.8 Å². The van der Waals surface area contributed by atoms with E-state index in [0.717, 1.165) is 12.8 Å². The predicted molar refractivity (Wildman–Crippen MR) is 154 cm³/mol. The summed E-state index contributed by atoms with van der Waals surface area (Å²) in [5, 5.41) is 9.69. The zero-order valence-corrected chi connectivity index (χ0v) is 26.0. The molecular formula is C30H47NO11. The molecule has 0 aromatic heterocycles. The molecule has 0 radical (unpaired) electrons. The third-order valence-corrected chi connectivity index (χ3v) is 6.37. The van der Waals surface area contributed by atoms with E-state index in [4.69, 9.17) is 34.2 Å². The Morgan fingerprint density at radius 2 is 1.36 bits per heavy atom. The fourth-order valence-corrected chi connectivity index (χ4v) is 3.36. The number of carbonyl (C=O) groups is 4. The summed E-state index contributed by atoms with van der Waals surface area (Å²) in [6.45, 7) is 15.3. The second kappa shape index (κ2) is 17.4. The molecule has 12 heteroatoms. The van der Waals surface area contributed by atoms with Crippen LogP contribution < -0.4 is 15.2 Å². The monoisotopic (exact) mass is 597 g/mol. The van der Waals surface area contributed by atoms with E-state index >= 15 is 0 Å². The number of benzene rings is 1. The van der Waals surface area contributed by atoms with Crippen molar-refractivity contribution in [1.82, 2.24) is 0 Å². The normalized spacial score (nSPS) is 14.9. The quantitative estimate of drug-likeness (QED) is 0.132. The van der Waals surface area contributed by atoms with E-state index in [-0.39, 0.29) is 55.0 Å². The van der Waals surface area contributed by atoms with Gasteiger partial charge >= 0.3 is 24.4 Å². The van der Waals surface area contributed by atoms with E-state index in [1.54, 1.807) is 6.92 Å². The minimum atomic E-state index is -1.42. The Kier molecular flexibility index (Phi) is 15.1. The first-order valence-corrected chi connectivity index (χ1v) is 14.2. The molecule has 5 atom stereocenters. The summed E-state index contributed by atoms with van der Waals surface area (Å²) in [6.07, 6.45) is -2.17. The van der Waals surface area contributed by atoms with Crippen molar-refractivity contribution in [2.45, 2.75) is 92.7 Å². The largest absolute Gasteiger partial charge is 0.513 e. The second-order valence-electron chi connectivity index (χ2n) is 11.8. The highest BCUT2D eigenvalue weighted by Crippen LogP contribution is 2.35. The Morgan fingerprint density at radius 1 is 0.833 bits per heavy atom. The van der Waals surface area contributed by atoms with Crippen molar-refractivity contribution >= 4 is 24.4 Å². The topological polar surface area (TPSA) is 170 Å². The standard InChI is InChI=1S/C30H47NO11/c1-9-18(3)15-37-27(34)41-23-12-11-21(14-24(23)42-28(35)38-16-19(4)10-2)22(25(31)26(32)33)13-20(5)40-29(36)39-17-30(6,7)8/h11-12,14,18-20,22,25H,9-10,13,15-17,31H2,1-8H3,(H,32,33)/t18?,19?,20?,22?,25-/m0/s1. The Labute approximate surface area is 248 Å². The zero-order valence-electron chi connectivity index (χ0n) is 26.0. The lowest BCUT2D eigenvalue weighted by Crippen LogP contribution is -2.38. The third kappa shape index (κ3) is 13.9. The lowest BCUT2D eigenvalue weighted by molar-refractivity contribution is -0.139. The molecule has 4 unspecified atom stereocenters. The average Bonchev–Trinajstić information content (AvgIpc) is 2.92. The minimum absolute atomic E-state index is 0.00681. The van der Waals surface area contributed by atoms with E-state index in [9.17, 15) is 24.3 Å². The van der Waals surface area contributed by atoms with Crippen LogP contribution in [0.4, 0.5) is 14.4 Å². The van der Waals surface area contributed by atoms with Gasteiger partial charge in [-0.15, -0.1) is 0 Å². The maximum atomic E-state index is 12.5. The molecule has 3 N–H and O–H groups in total. The molecule has 12 nitrogen and oxygen atoms in total. The van der Waals surface area contributed by atoms with E-state index in [1.807, 2.05) is 48.5 Å². The number of carboxylic acid groups (broad SMARTS) is 1. The minimum Gasteiger partial charge on any atom is -0.480 e. The fourth-order valence-electron chi connectivity index (χ4n) is 3.36. The van der Waals surface area contributed by atoms with Gasteiger partial charge in [0.2, 0.25) is 0 Å². The van der Waals surface area contributed by atoms with Crippen molar-refractivity contribution < 1.29 is 52.7 Å². The van der Waals surface area contributed by atoms with E-state index in [1.165, 1.54) is 18.2 Å². The molecule has 0 saturated heterocycles. The number of hydrogen-bond donors (Lipinski definition) is 2. The number of ether oxygens (including phenoxy) is 6. The average molecular weight is 598 g/mol. The SMILES string of the molecule is CCC(C)COC(=O)Oc1ccc(C(CC(C)OC(=O)OCC(C)(C)C)[C@H](N)C(=O)O)cc1OC(=O)OCC(C)CC. The smallest absolute Gasteiger partial charge is 0.480 e. The summed E-state index contributed by atoms with van der Waals surface area (Å²) >= 11 is 0. The number of carbonyl (C=O) groups excluding carboxylic acids is 3. The van der Waals surface area contributed by atoms with E-state index < -0.39 is 42.5 Å².